The Labute approximate surface area is 279 Å². The predicted octanol–water partition coefficient (Wildman–Crippen LogP) is 3.67. The van der Waals surface area contributed by atoms with Crippen LogP contribution in [0.2, 0.25) is 0 Å². The summed E-state index contributed by atoms with van der Waals surface area (Å²) in [6.07, 6.45) is -4.00. The highest BCUT2D eigenvalue weighted by atomic mass is 19.4. The second kappa shape index (κ2) is 13.9. The Morgan fingerprint density at radius 3 is 2.16 bits per heavy atom. The van der Waals surface area contributed by atoms with Crippen LogP contribution in [0.4, 0.5) is 24.8 Å². The fraction of sp³-hybridized carbons (Fsp3) is 0.364. The van der Waals surface area contributed by atoms with Crippen LogP contribution in [0.5, 0.6) is 5.75 Å². The number of anilines is 2. The number of alkyl halides is 3. The van der Waals surface area contributed by atoms with Crippen LogP contribution in [0.1, 0.15) is 63.2 Å². The van der Waals surface area contributed by atoms with E-state index in [1.54, 1.807) is 45.0 Å². The molecule has 0 saturated carbocycles. The summed E-state index contributed by atoms with van der Waals surface area (Å²) < 4.78 is 52.3. The maximum absolute atomic E-state index is 13.7. The largest absolute Gasteiger partial charge is 0.488 e. The van der Waals surface area contributed by atoms with Crippen molar-refractivity contribution in [3.05, 3.63) is 81.9 Å². The van der Waals surface area contributed by atoms with E-state index in [0.717, 1.165) is 12.1 Å². The minimum absolute atomic E-state index is 0.00185. The molecule has 2 heterocycles. The van der Waals surface area contributed by atoms with Gasteiger partial charge < -0.3 is 20.5 Å². The third-order valence-electron chi connectivity index (χ3n) is 6.58. The summed E-state index contributed by atoms with van der Waals surface area (Å²) in [4.78, 5) is 64.4. The van der Waals surface area contributed by atoms with Crippen LogP contribution in [0, 0.1) is 0 Å². The molecule has 2 aromatic carbocycles. The van der Waals surface area contributed by atoms with Crippen molar-refractivity contribution >= 4 is 40.6 Å². The van der Waals surface area contributed by atoms with E-state index in [9.17, 15) is 32.3 Å². The van der Waals surface area contributed by atoms with Gasteiger partial charge in [-0.2, -0.15) is 13.2 Å². The normalized spacial score (nSPS) is 12.7. The first-order valence-corrected chi connectivity index (χ1v) is 15.1. The zero-order chi connectivity index (χ0) is 36.3. The molecule has 0 aliphatic rings. The van der Waals surface area contributed by atoms with Gasteiger partial charge in [0.1, 0.15) is 34.9 Å². The van der Waals surface area contributed by atoms with Gasteiger partial charge in [-0.3, -0.25) is 24.3 Å². The molecule has 5 N–H and O–H groups in total. The number of carbonyl (C=O) groups excluding carboxylic acids is 3. The lowest BCUT2D eigenvalue weighted by molar-refractivity contribution is -0.349. The third-order valence-corrected chi connectivity index (χ3v) is 6.58. The molecule has 13 nitrogen and oxygen atoms in total. The Bertz CT molecular complexity index is 1900. The number of hydrogen-bond acceptors (Lipinski definition) is 9. The number of nitrogens with one attached hydrogen (secondary N) is 3. The molecule has 0 unspecified atom stereocenters. The fourth-order valence-corrected chi connectivity index (χ4v) is 4.58. The zero-order valence-corrected chi connectivity index (χ0v) is 27.7. The minimum Gasteiger partial charge on any atom is -0.488 e. The standard InChI is InChI=1S/C33H36F3N7O6/c1-31(2,3)48-22-13-7-18(8-14-22)15-23(28(46)49-32(4,5)6)40-26(44)19-9-11-21(12-10-19)43(29(47)33(34,35)36)17-20-16-38-25-24(39-20)27(45)42-30(37)41-25/h7-14,16,23H,15,17H2,1-6H3,(H,40,44)(H3,37,38,41,42,45)/p+1/t23-/m0/s1/i7+1,8+1,13+1,14+1,15+1,18+1,22+1,23+1,28+1. The van der Waals surface area contributed by atoms with Crippen LogP contribution in [-0.4, -0.2) is 56.2 Å². The molecular weight excluding hydrogens is 656 g/mol. The molecule has 0 spiro atoms. The molecule has 260 valence electrons. The molecule has 49 heavy (non-hydrogen) atoms. The maximum atomic E-state index is 13.7. The van der Waals surface area contributed by atoms with Gasteiger partial charge in [0.05, 0.1) is 6.54 Å². The summed E-state index contributed by atoms with van der Waals surface area (Å²) in [6.45, 7) is 10.1. The Hall–Kier alpha value is -5.54. The van der Waals surface area contributed by atoms with E-state index in [-0.39, 0.29) is 40.5 Å². The van der Waals surface area contributed by atoms with Crippen molar-refractivity contribution in [1.82, 2.24) is 20.3 Å². The lowest BCUT2D eigenvalue weighted by Gasteiger charge is -2.25. The summed E-state index contributed by atoms with van der Waals surface area (Å²) >= 11 is 0. The van der Waals surface area contributed by atoms with Crippen LogP contribution >= 0.6 is 0 Å². The molecule has 2 amide bonds. The number of amides is 2. The molecular formula is C33H37F3N7O6+. The number of ether oxygens (including phenoxy) is 2. The number of rotatable bonds is 9. The van der Waals surface area contributed by atoms with Gasteiger partial charge >= 0.3 is 29.6 Å². The van der Waals surface area contributed by atoms with E-state index >= 15 is 0 Å². The Kier molecular flexibility index (Phi) is 10.3. The van der Waals surface area contributed by atoms with Crippen LogP contribution < -0.4 is 31.2 Å². The number of H-pyrrole nitrogens is 2. The van der Waals surface area contributed by atoms with Crippen molar-refractivity contribution in [3.63, 3.8) is 0 Å². The number of carbonyl (C=O) groups is 3. The Morgan fingerprint density at radius 1 is 0.959 bits per heavy atom. The fourth-order valence-electron chi connectivity index (χ4n) is 4.58. The van der Waals surface area contributed by atoms with Gasteiger partial charge in [-0.05, 0) is 88.5 Å². The second-order valence-electron chi connectivity index (χ2n) is 13.1. The lowest BCUT2D eigenvalue weighted by atomic mass is 10.1. The quantitative estimate of drug-likeness (QED) is 0.174. The number of nitrogen functional groups attached to an aromatic ring is 1. The van der Waals surface area contributed by atoms with Crippen molar-refractivity contribution in [1.29, 1.82) is 0 Å². The van der Waals surface area contributed by atoms with Crippen LogP contribution in [-0.2, 0) is 27.3 Å². The average molecular weight is 694 g/mol. The van der Waals surface area contributed by atoms with Gasteiger partial charge in [-0.25, -0.2) is 14.8 Å². The third kappa shape index (κ3) is 9.98. The van der Waals surface area contributed by atoms with Crippen LogP contribution in [0.25, 0.3) is 11.2 Å². The average Bonchev–Trinajstić information content (AvgIpc) is 2.98. The van der Waals surface area contributed by atoms with Gasteiger partial charge in [0.2, 0.25) is 5.52 Å². The van der Waals surface area contributed by atoms with Gasteiger partial charge in [0, 0.05) is 17.7 Å². The summed E-state index contributed by atoms with van der Waals surface area (Å²) in [5.74, 6) is -3.18. The zero-order valence-electron chi connectivity index (χ0n) is 27.7. The highest BCUT2D eigenvalue weighted by Gasteiger charge is 2.43. The number of halogens is 3. The molecule has 0 bridgehead atoms. The van der Waals surface area contributed by atoms with Gasteiger partial charge in [0.25, 0.3) is 11.5 Å². The van der Waals surface area contributed by atoms with Crippen molar-refractivity contribution in [2.24, 2.45) is 0 Å². The lowest BCUT2D eigenvalue weighted by Crippen LogP contribution is -2.45. The topological polar surface area (TPSA) is 184 Å². The number of hydrogen-bond donors (Lipinski definition) is 3. The number of nitrogens with two attached hydrogens (primary N) is 1. The van der Waals surface area contributed by atoms with E-state index in [1.807, 2.05) is 20.8 Å². The number of esters is 1. The Morgan fingerprint density at radius 2 is 1.59 bits per heavy atom. The van der Waals surface area contributed by atoms with E-state index in [2.05, 4.69) is 25.3 Å². The number of aromatic nitrogens is 4. The molecule has 0 radical (unpaired) electrons. The molecule has 4 aromatic rings. The first-order valence-electron chi connectivity index (χ1n) is 15.1. The number of fused-ring (bicyclic) bond motifs is 1. The SMILES string of the molecule is CC(C)(C)O[13C](=O)[13C@H]([13CH2][13c]1[13cH][13cH][13c](OC(C)(C)C)[13cH][13cH]1)NC(=O)c1ccc(N(Cc2c[nH+]c3nc(N)[nH]c(=O)c3n2)C(=O)C(F)(F)F)cc1. The van der Waals surface area contributed by atoms with Crippen LogP contribution in [0.15, 0.2) is 59.5 Å². The van der Waals surface area contributed by atoms with Gasteiger partial charge in [-0.15, -0.1) is 0 Å². The summed E-state index contributed by atoms with van der Waals surface area (Å²) in [6, 6.07) is 10.6. The monoisotopic (exact) mass is 693 g/mol. The minimum atomic E-state index is -5.26. The van der Waals surface area contributed by atoms with E-state index < -0.39 is 53.3 Å². The molecule has 0 aliphatic heterocycles. The van der Waals surface area contributed by atoms with Crippen molar-refractivity contribution in [2.75, 3.05) is 10.6 Å². The maximum Gasteiger partial charge on any atom is 0.471 e. The second-order valence-corrected chi connectivity index (χ2v) is 13.1. The van der Waals surface area contributed by atoms with Crippen molar-refractivity contribution in [2.45, 2.75) is 77.9 Å². The smallest absolute Gasteiger partial charge is 0.471 e. The van der Waals surface area contributed by atoms with Gasteiger partial charge in [-0.1, -0.05) is 12.1 Å². The molecule has 0 aliphatic carbocycles. The molecule has 0 fully saturated rings. The van der Waals surface area contributed by atoms with Crippen molar-refractivity contribution in [3.8, 4) is 5.75 Å². The first-order chi connectivity index (χ1) is 22.7. The number of benzene rings is 2. The Balaban J connectivity index is 1.57. The van der Waals surface area contributed by atoms with Crippen molar-refractivity contribution < 1.29 is 42.0 Å². The van der Waals surface area contributed by atoms with E-state index in [0.29, 0.717) is 16.2 Å². The summed E-state index contributed by atoms with van der Waals surface area (Å²) in [5, 5.41) is 2.65. The van der Waals surface area contributed by atoms with E-state index in [4.69, 9.17) is 15.2 Å². The molecule has 0 saturated heterocycles. The molecule has 4 rings (SSSR count). The molecule has 1 atom stereocenters. The highest BCUT2D eigenvalue weighted by Crippen LogP contribution is 2.26. The number of nitrogens with zero attached hydrogens (tertiary/aromatic N) is 3. The molecule has 16 heteroatoms. The first kappa shape index (κ1) is 36.3. The molecule has 2 aromatic heterocycles. The van der Waals surface area contributed by atoms with Crippen LogP contribution in [0.3, 0.4) is 0 Å². The number of aromatic amines is 2. The predicted molar refractivity (Wildman–Crippen MR) is 172 cm³/mol. The van der Waals surface area contributed by atoms with Gasteiger partial charge in [0.15, 0.2) is 0 Å². The summed E-state index contributed by atoms with van der Waals surface area (Å²) in [7, 11) is 0. The summed E-state index contributed by atoms with van der Waals surface area (Å²) in [5.41, 5.74) is 3.66. The highest BCUT2D eigenvalue weighted by molar-refractivity contribution is 5.99. The van der Waals surface area contributed by atoms with E-state index in [1.165, 1.54) is 18.3 Å².